The molecule has 0 N–H and O–H groups in total. The van der Waals surface area contributed by atoms with Crippen molar-refractivity contribution in [1.29, 1.82) is 15.8 Å². The molecule has 4 nitrogen and oxygen atoms in total. The van der Waals surface area contributed by atoms with E-state index in [1.807, 2.05) is 12.1 Å². The molecule has 10 rings (SSSR count). The van der Waals surface area contributed by atoms with Crippen LogP contribution in [0.3, 0.4) is 0 Å². The fourth-order valence-electron chi connectivity index (χ4n) is 11.4. The van der Waals surface area contributed by atoms with Crippen molar-refractivity contribution < 1.29 is 0 Å². The highest BCUT2D eigenvalue weighted by Gasteiger charge is 2.59. The molecule has 0 atom stereocenters. The minimum atomic E-state index is 0.0129. The van der Waals surface area contributed by atoms with Crippen molar-refractivity contribution >= 4 is 80.8 Å². The van der Waals surface area contributed by atoms with Crippen LogP contribution in [0.25, 0.3) is 50.0 Å². The van der Waals surface area contributed by atoms with Gasteiger partial charge in [0.1, 0.15) is 17.7 Å². The van der Waals surface area contributed by atoms with E-state index in [1.165, 1.54) is 127 Å². The van der Waals surface area contributed by atoms with Gasteiger partial charge < -0.3 is 0 Å². The molecule has 0 unspecified atom stereocenters. The lowest BCUT2D eigenvalue weighted by Crippen LogP contribution is -2.37. The van der Waals surface area contributed by atoms with E-state index < -0.39 is 0 Å². The number of hydrogen-bond donors (Lipinski definition) is 0. The van der Waals surface area contributed by atoms with Gasteiger partial charge in [-0.3, -0.25) is 0 Å². The standard InChI is InChI=1S/C46H38N4S4/c1-50-29(27-49)22-31-12-14-35(52-31)33-24-37-39(45(33)17-7-3-8-18-45)41-43(54-37)42-40(46(41)19-9-4-10-20-46)38-36(53-42)23-32(44(38)15-5-2-6-16-44)34-13-11-30(51-34)21-28(25-47)26-48/h11-14,21-24H,2-10,15-20H2/b29-22+. The fraction of sp³-hybridized carbons (Fsp3) is 0.391. The predicted octanol–water partition coefficient (Wildman–Crippen LogP) is 13.9. The van der Waals surface area contributed by atoms with Gasteiger partial charge in [-0.25, -0.2) is 10.1 Å². The van der Waals surface area contributed by atoms with E-state index in [1.54, 1.807) is 66.8 Å². The van der Waals surface area contributed by atoms with Gasteiger partial charge in [0.25, 0.3) is 5.70 Å². The summed E-state index contributed by atoms with van der Waals surface area (Å²) in [6.45, 7) is 7.42. The monoisotopic (exact) mass is 774 g/mol. The van der Waals surface area contributed by atoms with Gasteiger partial charge in [0.15, 0.2) is 0 Å². The second-order valence-electron chi connectivity index (χ2n) is 16.1. The Balaban J connectivity index is 1.14. The van der Waals surface area contributed by atoms with Gasteiger partial charge in [0, 0.05) is 55.3 Å². The number of nitriles is 3. The Morgan fingerprint density at radius 1 is 0.556 bits per heavy atom. The number of allylic oxidation sites excluding steroid dienone is 4. The maximum absolute atomic E-state index is 9.46. The molecule has 6 aliphatic rings. The highest BCUT2D eigenvalue weighted by molar-refractivity contribution is 7.24. The van der Waals surface area contributed by atoms with Crippen LogP contribution in [0, 0.1) is 40.6 Å². The van der Waals surface area contributed by atoms with Crippen LogP contribution in [-0.2, 0) is 16.2 Å². The van der Waals surface area contributed by atoms with E-state index in [9.17, 15) is 15.8 Å². The molecule has 0 amide bonds. The molecule has 6 aliphatic carbocycles. The molecule has 54 heavy (non-hydrogen) atoms. The zero-order valence-corrected chi connectivity index (χ0v) is 33.4. The summed E-state index contributed by atoms with van der Waals surface area (Å²) < 4.78 is 0. The van der Waals surface area contributed by atoms with Crippen molar-refractivity contribution in [3.63, 3.8) is 0 Å². The smallest absolute Gasteiger partial charge is 0.227 e. The van der Waals surface area contributed by atoms with Gasteiger partial charge in [-0.1, -0.05) is 57.8 Å². The molecule has 8 heteroatoms. The van der Waals surface area contributed by atoms with E-state index >= 15 is 0 Å². The molecular formula is C46H38N4S4. The summed E-state index contributed by atoms with van der Waals surface area (Å²) >= 11 is 7.64. The summed E-state index contributed by atoms with van der Waals surface area (Å²) in [5.41, 5.74) is 10.1. The molecule has 4 heterocycles. The van der Waals surface area contributed by atoms with Crippen LogP contribution in [-0.4, -0.2) is 0 Å². The van der Waals surface area contributed by atoms with E-state index in [4.69, 9.17) is 6.57 Å². The van der Waals surface area contributed by atoms with Crippen molar-refractivity contribution in [1.82, 2.24) is 0 Å². The molecule has 3 spiro atoms. The maximum atomic E-state index is 9.46. The Morgan fingerprint density at radius 3 is 1.43 bits per heavy atom. The quantitative estimate of drug-likeness (QED) is 0.153. The Labute approximate surface area is 333 Å². The van der Waals surface area contributed by atoms with Gasteiger partial charge in [0.2, 0.25) is 0 Å². The minimum Gasteiger partial charge on any atom is -0.227 e. The third-order valence-electron chi connectivity index (χ3n) is 13.5. The van der Waals surface area contributed by atoms with Crippen LogP contribution >= 0.6 is 45.3 Å². The Bertz CT molecular complexity index is 2340. The molecule has 0 saturated heterocycles. The van der Waals surface area contributed by atoms with E-state index in [0.29, 0.717) is 0 Å². The van der Waals surface area contributed by atoms with Crippen LogP contribution < -0.4 is 0 Å². The predicted molar refractivity (Wildman–Crippen MR) is 225 cm³/mol. The second kappa shape index (κ2) is 12.9. The molecule has 266 valence electrons. The number of hydrogen-bond acceptors (Lipinski definition) is 7. The summed E-state index contributed by atoms with van der Waals surface area (Å²) in [7, 11) is 0. The normalized spacial score (nSPS) is 20.9. The van der Waals surface area contributed by atoms with Gasteiger partial charge in [0.05, 0.1) is 12.6 Å². The van der Waals surface area contributed by atoms with Crippen LogP contribution in [0.1, 0.15) is 148 Å². The van der Waals surface area contributed by atoms with Gasteiger partial charge >= 0.3 is 0 Å². The zero-order chi connectivity index (χ0) is 36.7. The molecule has 0 radical (unpaired) electrons. The van der Waals surface area contributed by atoms with E-state index in [-0.39, 0.29) is 27.5 Å². The lowest BCUT2D eigenvalue weighted by molar-refractivity contribution is 0.323. The van der Waals surface area contributed by atoms with Gasteiger partial charge in [-0.15, -0.1) is 45.3 Å². The second-order valence-corrected chi connectivity index (χ2v) is 20.4. The number of fused-ring (bicyclic) bond motifs is 11. The molecule has 0 aliphatic heterocycles. The first kappa shape index (κ1) is 34.2. The van der Waals surface area contributed by atoms with Crippen LogP contribution in [0.4, 0.5) is 0 Å². The van der Waals surface area contributed by atoms with Crippen LogP contribution in [0.5, 0.6) is 0 Å². The van der Waals surface area contributed by atoms with E-state index in [0.717, 1.165) is 9.75 Å². The van der Waals surface area contributed by atoms with E-state index in [2.05, 4.69) is 70.0 Å². The topological polar surface area (TPSA) is 75.7 Å². The first-order valence-corrected chi connectivity index (χ1v) is 22.8. The van der Waals surface area contributed by atoms with Crippen LogP contribution in [0.2, 0.25) is 0 Å². The SMILES string of the molecule is [C-]#[N+]/C(C#N)=C/c1ccc(C2=Cc3sc4c(c3C23CCCCC3)C2(CCCCC2)c2c-4sc3c2C2(CCCCC2)C(c2ccc(C=C(C#N)C#N)s2)=C3)s1. The first-order chi connectivity index (χ1) is 26.5. The Kier molecular flexibility index (Phi) is 8.18. The Hall–Kier alpha value is -4.28. The summed E-state index contributed by atoms with van der Waals surface area (Å²) in [5.74, 6) is 0. The van der Waals surface area contributed by atoms with Gasteiger partial charge in [-0.05, 0) is 120 Å². The number of thiophene rings is 4. The summed E-state index contributed by atoms with van der Waals surface area (Å²) in [4.78, 5) is 14.1. The third kappa shape index (κ3) is 4.77. The summed E-state index contributed by atoms with van der Waals surface area (Å²) in [5, 5.41) is 28.4. The number of rotatable bonds is 4. The fourth-order valence-corrected chi connectivity index (χ4v) is 16.6. The molecule has 4 aromatic heterocycles. The molecule has 3 fully saturated rings. The lowest BCUT2D eigenvalue weighted by Gasteiger charge is -2.44. The summed E-state index contributed by atoms with van der Waals surface area (Å²) in [6.07, 6.45) is 27.3. The zero-order valence-electron chi connectivity index (χ0n) is 30.1. The van der Waals surface area contributed by atoms with Crippen molar-refractivity contribution in [2.75, 3.05) is 0 Å². The number of nitrogens with zero attached hydrogens (tertiary/aromatic N) is 4. The molecule has 4 aromatic rings. The van der Waals surface area contributed by atoms with Crippen molar-refractivity contribution in [3.05, 3.63) is 98.5 Å². The maximum Gasteiger partial charge on any atom is 0.263 e. The lowest BCUT2D eigenvalue weighted by atomic mass is 9.58. The molecule has 0 aromatic carbocycles. The molecular weight excluding hydrogens is 737 g/mol. The summed E-state index contributed by atoms with van der Waals surface area (Å²) in [6, 6.07) is 14.8. The average Bonchev–Trinajstić information content (AvgIpc) is 4.07. The van der Waals surface area contributed by atoms with Crippen molar-refractivity contribution in [2.24, 2.45) is 0 Å². The molecule has 3 saturated carbocycles. The van der Waals surface area contributed by atoms with Crippen LogP contribution in [0.15, 0.2) is 35.5 Å². The average molecular weight is 775 g/mol. The van der Waals surface area contributed by atoms with Crippen molar-refractivity contribution in [2.45, 2.75) is 113 Å². The highest BCUT2D eigenvalue weighted by Crippen LogP contribution is 2.72. The first-order valence-electron chi connectivity index (χ1n) is 19.5. The van der Waals surface area contributed by atoms with Gasteiger partial charge in [-0.2, -0.15) is 10.5 Å². The largest absolute Gasteiger partial charge is 0.263 e. The minimum absolute atomic E-state index is 0.0129. The highest BCUT2D eigenvalue weighted by atomic mass is 32.1. The molecule has 0 bridgehead atoms. The Morgan fingerprint density at radius 2 is 1.00 bits per heavy atom. The third-order valence-corrected chi connectivity index (χ3v) is 18.1. The van der Waals surface area contributed by atoms with Crippen molar-refractivity contribution in [3.8, 4) is 28.0 Å².